The molecular formula is C10H9ClF3NO2. The van der Waals surface area contributed by atoms with Crippen LogP contribution >= 0.6 is 11.6 Å². The quantitative estimate of drug-likeness (QED) is 0.855. The molecule has 0 aliphatic heterocycles. The monoisotopic (exact) mass is 267 g/mol. The van der Waals surface area contributed by atoms with Gasteiger partial charge < -0.3 is 10.1 Å². The summed E-state index contributed by atoms with van der Waals surface area (Å²) in [5, 5.41) is 2.21. The number of nitrogens with one attached hydrogen (secondary N) is 1. The van der Waals surface area contributed by atoms with E-state index in [9.17, 15) is 18.0 Å². The Bertz CT molecular complexity index is 421. The highest BCUT2D eigenvalue weighted by molar-refractivity contribution is 6.33. The molecule has 0 saturated carbocycles. The van der Waals surface area contributed by atoms with Crippen molar-refractivity contribution in [3.63, 3.8) is 0 Å². The van der Waals surface area contributed by atoms with Gasteiger partial charge in [-0.2, -0.15) is 13.2 Å². The van der Waals surface area contributed by atoms with Crippen LogP contribution in [0.25, 0.3) is 0 Å². The molecule has 0 saturated heterocycles. The van der Waals surface area contributed by atoms with Crippen molar-refractivity contribution in [1.82, 2.24) is 0 Å². The van der Waals surface area contributed by atoms with E-state index < -0.39 is 18.7 Å². The molecule has 0 spiro atoms. The Morgan fingerprint density at radius 1 is 1.47 bits per heavy atom. The smallest absolute Gasteiger partial charge is 0.405 e. The molecule has 0 fully saturated rings. The molecule has 0 heterocycles. The van der Waals surface area contributed by atoms with E-state index >= 15 is 0 Å². The van der Waals surface area contributed by atoms with Crippen molar-refractivity contribution in [2.75, 3.05) is 19.0 Å². The second-order valence-electron chi connectivity index (χ2n) is 3.15. The number of ether oxygens (including phenoxy) is 1. The maximum Gasteiger partial charge on any atom is 0.405 e. The third kappa shape index (κ3) is 4.14. The first-order valence-corrected chi connectivity index (χ1v) is 4.90. The van der Waals surface area contributed by atoms with Crippen LogP contribution in [-0.4, -0.2) is 25.8 Å². The van der Waals surface area contributed by atoms with E-state index in [4.69, 9.17) is 11.6 Å². The summed E-state index contributed by atoms with van der Waals surface area (Å²) in [6.07, 6.45) is -4.36. The predicted molar refractivity (Wildman–Crippen MR) is 57.3 cm³/mol. The van der Waals surface area contributed by atoms with E-state index in [-0.39, 0.29) is 16.3 Å². The van der Waals surface area contributed by atoms with Crippen molar-refractivity contribution in [3.8, 4) is 0 Å². The molecule has 1 rings (SSSR count). The van der Waals surface area contributed by atoms with Gasteiger partial charge in [0.1, 0.15) is 6.54 Å². The molecule has 0 aliphatic rings. The van der Waals surface area contributed by atoms with Gasteiger partial charge in [0.15, 0.2) is 0 Å². The molecule has 1 N–H and O–H groups in total. The van der Waals surface area contributed by atoms with Gasteiger partial charge in [-0.15, -0.1) is 0 Å². The summed E-state index contributed by atoms with van der Waals surface area (Å²) in [6.45, 7) is -1.22. The molecule has 17 heavy (non-hydrogen) atoms. The maximum atomic E-state index is 12.0. The number of hydrogen-bond donors (Lipinski definition) is 1. The highest BCUT2D eigenvalue weighted by Crippen LogP contribution is 2.25. The molecule has 0 aromatic heterocycles. The van der Waals surface area contributed by atoms with Crippen molar-refractivity contribution < 1.29 is 22.7 Å². The van der Waals surface area contributed by atoms with E-state index in [2.05, 4.69) is 10.1 Å². The van der Waals surface area contributed by atoms with Crippen LogP contribution in [0.4, 0.5) is 18.9 Å². The van der Waals surface area contributed by atoms with Gasteiger partial charge in [-0.1, -0.05) is 11.6 Å². The number of anilines is 1. The van der Waals surface area contributed by atoms with E-state index in [1.54, 1.807) is 0 Å². The SMILES string of the molecule is COC(=O)c1ccc(Cl)c(NCC(F)(F)F)c1. The summed E-state index contributed by atoms with van der Waals surface area (Å²) in [6, 6.07) is 3.90. The first-order chi connectivity index (χ1) is 7.83. The summed E-state index contributed by atoms with van der Waals surface area (Å²) < 4.78 is 40.4. The first kappa shape index (κ1) is 13.6. The number of esters is 1. The van der Waals surface area contributed by atoms with Crippen LogP contribution in [0.3, 0.4) is 0 Å². The van der Waals surface area contributed by atoms with Crippen LogP contribution in [0.5, 0.6) is 0 Å². The summed E-state index contributed by atoms with van der Waals surface area (Å²) in [4.78, 5) is 11.2. The van der Waals surface area contributed by atoms with Gasteiger partial charge in [-0.05, 0) is 18.2 Å². The molecular weight excluding hydrogens is 259 g/mol. The number of rotatable bonds is 3. The molecule has 0 unspecified atom stereocenters. The lowest BCUT2D eigenvalue weighted by atomic mass is 10.2. The Morgan fingerprint density at radius 3 is 2.65 bits per heavy atom. The van der Waals surface area contributed by atoms with E-state index in [1.807, 2.05) is 0 Å². The normalized spacial score (nSPS) is 11.1. The van der Waals surface area contributed by atoms with E-state index in [0.29, 0.717) is 0 Å². The van der Waals surface area contributed by atoms with Crippen LogP contribution in [0.1, 0.15) is 10.4 Å². The molecule has 1 aromatic carbocycles. The molecule has 0 bridgehead atoms. The highest BCUT2D eigenvalue weighted by Gasteiger charge is 2.27. The predicted octanol–water partition coefficient (Wildman–Crippen LogP) is 3.10. The van der Waals surface area contributed by atoms with Gasteiger partial charge in [0.05, 0.1) is 23.4 Å². The Labute approximate surface area is 101 Å². The lowest BCUT2D eigenvalue weighted by Crippen LogP contribution is -2.21. The molecule has 7 heteroatoms. The van der Waals surface area contributed by atoms with E-state index in [1.165, 1.54) is 25.3 Å². The summed E-state index contributed by atoms with van der Waals surface area (Å²) in [5.74, 6) is -0.642. The van der Waals surface area contributed by atoms with Gasteiger partial charge in [-0.25, -0.2) is 4.79 Å². The number of hydrogen-bond acceptors (Lipinski definition) is 3. The van der Waals surface area contributed by atoms with Crippen molar-refractivity contribution >= 4 is 23.3 Å². The van der Waals surface area contributed by atoms with Gasteiger partial charge in [0.2, 0.25) is 0 Å². The molecule has 3 nitrogen and oxygen atoms in total. The summed E-state index contributed by atoms with van der Waals surface area (Å²) in [5.41, 5.74) is 0.161. The van der Waals surface area contributed by atoms with Gasteiger partial charge in [0.25, 0.3) is 0 Å². The van der Waals surface area contributed by atoms with Crippen molar-refractivity contribution in [2.24, 2.45) is 0 Å². The van der Waals surface area contributed by atoms with Crippen molar-refractivity contribution in [3.05, 3.63) is 28.8 Å². The summed E-state index contributed by atoms with van der Waals surface area (Å²) in [7, 11) is 1.18. The number of carbonyl (C=O) groups is 1. The first-order valence-electron chi connectivity index (χ1n) is 4.52. The second kappa shape index (κ2) is 5.27. The Kier molecular flexibility index (Phi) is 4.22. The third-order valence-corrected chi connectivity index (χ3v) is 2.20. The van der Waals surface area contributed by atoms with Crippen molar-refractivity contribution in [1.29, 1.82) is 0 Å². The molecule has 94 valence electrons. The zero-order valence-electron chi connectivity index (χ0n) is 8.77. The number of benzene rings is 1. The third-order valence-electron chi connectivity index (χ3n) is 1.87. The fourth-order valence-electron chi connectivity index (χ4n) is 1.10. The minimum atomic E-state index is -4.36. The maximum absolute atomic E-state index is 12.0. The zero-order chi connectivity index (χ0) is 13.1. The molecule has 0 amide bonds. The van der Waals surface area contributed by atoms with Crippen LogP contribution < -0.4 is 5.32 Å². The van der Waals surface area contributed by atoms with Crippen LogP contribution in [0.15, 0.2) is 18.2 Å². The van der Waals surface area contributed by atoms with E-state index in [0.717, 1.165) is 0 Å². The van der Waals surface area contributed by atoms with Crippen LogP contribution in [-0.2, 0) is 4.74 Å². The lowest BCUT2D eigenvalue weighted by Gasteiger charge is -2.11. The fraction of sp³-hybridized carbons (Fsp3) is 0.300. The Hall–Kier alpha value is -1.43. The lowest BCUT2D eigenvalue weighted by molar-refractivity contribution is -0.115. The van der Waals surface area contributed by atoms with Gasteiger partial charge in [0, 0.05) is 0 Å². The van der Waals surface area contributed by atoms with Crippen LogP contribution in [0, 0.1) is 0 Å². The number of alkyl halides is 3. The fourth-order valence-corrected chi connectivity index (χ4v) is 1.29. The second-order valence-corrected chi connectivity index (χ2v) is 3.56. The van der Waals surface area contributed by atoms with Crippen LogP contribution in [0.2, 0.25) is 5.02 Å². The van der Waals surface area contributed by atoms with Gasteiger partial charge in [-0.3, -0.25) is 0 Å². The number of carbonyl (C=O) groups excluding carboxylic acids is 1. The topological polar surface area (TPSA) is 38.3 Å². The summed E-state index contributed by atoms with van der Waals surface area (Å²) >= 11 is 5.69. The van der Waals surface area contributed by atoms with Crippen molar-refractivity contribution in [2.45, 2.75) is 6.18 Å². The zero-order valence-corrected chi connectivity index (χ0v) is 9.52. The molecule has 0 atom stereocenters. The highest BCUT2D eigenvalue weighted by atomic mass is 35.5. The number of halogens is 4. The standard InChI is InChI=1S/C10H9ClF3NO2/c1-17-9(16)6-2-3-7(11)8(4-6)15-5-10(12,13)14/h2-4,15H,5H2,1H3. The molecule has 1 aromatic rings. The molecule has 0 aliphatic carbocycles. The molecule has 0 radical (unpaired) electrons. The van der Waals surface area contributed by atoms with Gasteiger partial charge >= 0.3 is 12.1 Å². The minimum Gasteiger partial charge on any atom is -0.465 e. The average molecular weight is 268 g/mol. The Balaban J connectivity index is 2.87. The Morgan fingerprint density at radius 2 is 2.12 bits per heavy atom. The number of methoxy groups -OCH3 is 1. The average Bonchev–Trinajstić information content (AvgIpc) is 2.26. The minimum absolute atomic E-state index is 0.0342. The largest absolute Gasteiger partial charge is 0.465 e.